The molecule has 2 amide bonds. The predicted molar refractivity (Wildman–Crippen MR) is 111 cm³/mol. The van der Waals surface area contributed by atoms with Crippen LogP contribution in [0.2, 0.25) is 5.02 Å². The number of rotatable bonds is 7. The van der Waals surface area contributed by atoms with Crippen LogP contribution < -0.4 is 5.32 Å². The van der Waals surface area contributed by atoms with Gasteiger partial charge in [-0.25, -0.2) is 0 Å². The number of piperazine rings is 1. The molecule has 2 fully saturated rings. The van der Waals surface area contributed by atoms with Gasteiger partial charge in [-0.2, -0.15) is 0 Å². The molecule has 7 heteroatoms. The van der Waals surface area contributed by atoms with Gasteiger partial charge in [-0.15, -0.1) is 0 Å². The third-order valence-electron chi connectivity index (χ3n) is 5.78. The number of benzene rings is 1. The number of likely N-dealkylation sites (tertiary alicyclic amines) is 1. The van der Waals surface area contributed by atoms with E-state index in [1.165, 1.54) is 0 Å². The van der Waals surface area contributed by atoms with E-state index in [4.69, 9.17) is 11.6 Å². The van der Waals surface area contributed by atoms with E-state index in [2.05, 4.69) is 22.2 Å². The molecule has 1 aromatic carbocycles. The second-order valence-electron chi connectivity index (χ2n) is 7.89. The first-order valence-electron chi connectivity index (χ1n) is 10.2. The number of amides is 2. The summed E-state index contributed by atoms with van der Waals surface area (Å²) in [7, 11) is 2.14. The quantitative estimate of drug-likeness (QED) is 0.745. The van der Waals surface area contributed by atoms with E-state index in [0.717, 1.165) is 44.7 Å². The molecule has 2 heterocycles. The number of hydrogen-bond acceptors (Lipinski definition) is 4. The third-order valence-corrected chi connectivity index (χ3v) is 6.03. The van der Waals surface area contributed by atoms with Gasteiger partial charge in [0.15, 0.2) is 0 Å². The Kier molecular flexibility index (Phi) is 7.71. The number of carbonyl (C=O) groups excluding carboxylic acids is 2. The zero-order valence-electron chi connectivity index (χ0n) is 16.7. The zero-order chi connectivity index (χ0) is 19.9. The molecule has 1 aromatic rings. The van der Waals surface area contributed by atoms with Gasteiger partial charge in [-0.1, -0.05) is 23.7 Å². The molecule has 0 unspecified atom stereocenters. The molecule has 154 valence electrons. The van der Waals surface area contributed by atoms with E-state index in [-0.39, 0.29) is 17.7 Å². The van der Waals surface area contributed by atoms with Crippen LogP contribution in [-0.4, -0.2) is 85.9 Å². The maximum Gasteiger partial charge on any atom is 0.224 e. The molecule has 28 heavy (non-hydrogen) atoms. The van der Waals surface area contributed by atoms with Gasteiger partial charge in [-0.3, -0.25) is 14.5 Å². The van der Waals surface area contributed by atoms with Gasteiger partial charge in [0.1, 0.15) is 0 Å². The Morgan fingerprint density at radius 1 is 1.14 bits per heavy atom. The number of nitrogens with zero attached hydrogens (tertiary/aromatic N) is 3. The first-order chi connectivity index (χ1) is 13.5. The second kappa shape index (κ2) is 10.2. The fourth-order valence-corrected chi connectivity index (χ4v) is 3.94. The molecule has 0 aromatic heterocycles. The predicted octanol–water partition coefficient (Wildman–Crippen LogP) is 1.48. The number of likely N-dealkylation sites (N-methyl/N-ethyl adjacent to an activating group) is 1. The Hall–Kier alpha value is -1.63. The third kappa shape index (κ3) is 6.19. The van der Waals surface area contributed by atoms with Crippen LogP contribution in [0.4, 0.5) is 0 Å². The summed E-state index contributed by atoms with van der Waals surface area (Å²) in [5, 5.41) is 3.79. The summed E-state index contributed by atoms with van der Waals surface area (Å²) in [6, 6.07) is 7.70. The van der Waals surface area contributed by atoms with Crippen molar-refractivity contribution >= 4 is 23.4 Å². The van der Waals surface area contributed by atoms with E-state index in [9.17, 15) is 9.59 Å². The van der Waals surface area contributed by atoms with Crippen LogP contribution in [0, 0.1) is 5.92 Å². The monoisotopic (exact) mass is 406 g/mol. The minimum Gasteiger partial charge on any atom is -0.355 e. The van der Waals surface area contributed by atoms with Gasteiger partial charge in [0.05, 0.1) is 5.92 Å². The lowest BCUT2D eigenvalue weighted by Gasteiger charge is -2.33. The van der Waals surface area contributed by atoms with Crippen LogP contribution in [0.3, 0.4) is 0 Å². The fourth-order valence-electron chi connectivity index (χ4n) is 3.81. The SMILES string of the molecule is CN1CCN(CCNC(=O)[C@@H]2CCC(=O)N(CCc3ccc(Cl)cc3)C2)CC1. The Bertz CT molecular complexity index is 659. The maximum atomic E-state index is 12.6. The van der Waals surface area contributed by atoms with Crippen LogP contribution in [-0.2, 0) is 16.0 Å². The molecular formula is C21H31ClN4O2. The molecule has 0 bridgehead atoms. The van der Waals surface area contributed by atoms with Crippen molar-refractivity contribution < 1.29 is 9.59 Å². The lowest BCUT2D eigenvalue weighted by molar-refractivity contribution is -0.138. The number of halogens is 1. The van der Waals surface area contributed by atoms with E-state index in [0.29, 0.717) is 37.5 Å². The van der Waals surface area contributed by atoms with Crippen LogP contribution in [0.1, 0.15) is 18.4 Å². The van der Waals surface area contributed by atoms with Gasteiger partial charge < -0.3 is 15.1 Å². The summed E-state index contributed by atoms with van der Waals surface area (Å²) < 4.78 is 0. The first-order valence-corrected chi connectivity index (χ1v) is 10.6. The summed E-state index contributed by atoms with van der Waals surface area (Å²) in [4.78, 5) is 31.4. The molecule has 2 saturated heterocycles. The van der Waals surface area contributed by atoms with E-state index >= 15 is 0 Å². The molecule has 0 saturated carbocycles. The van der Waals surface area contributed by atoms with Crippen LogP contribution >= 0.6 is 11.6 Å². The van der Waals surface area contributed by atoms with E-state index < -0.39 is 0 Å². The highest BCUT2D eigenvalue weighted by atomic mass is 35.5. The Balaban J connectivity index is 1.40. The average molecular weight is 407 g/mol. The minimum absolute atomic E-state index is 0.0816. The van der Waals surface area contributed by atoms with Gasteiger partial charge in [0.25, 0.3) is 0 Å². The zero-order valence-corrected chi connectivity index (χ0v) is 17.5. The summed E-state index contributed by atoms with van der Waals surface area (Å²) in [5.74, 6) is 0.129. The molecule has 1 atom stereocenters. The molecule has 1 N–H and O–H groups in total. The van der Waals surface area contributed by atoms with Crippen molar-refractivity contribution in [1.82, 2.24) is 20.0 Å². The molecule has 0 radical (unpaired) electrons. The number of carbonyl (C=O) groups is 2. The van der Waals surface area contributed by atoms with Crippen molar-refractivity contribution in [1.29, 1.82) is 0 Å². The lowest BCUT2D eigenvalue weighted by Crippen LogP contribution is -2.49. The Labute approximate surface area is 172 Å². The molecule has 0 aliphatic carbocycles. The van der Waals surface area contributed by atoms with Crippen molar-refractivity contribution in [3.63, 3.8) is 0 Å². The second-order valence-corrected chi connectivity index (χ2v) is 8.32. The van der Waals surface area contributed by atoms with Crippen LogP contribution in [0.25, 0.3) is 0 Å². The van der Waals surface area contributed by atoms with Crippen molar-refractivity contribution in [2.75, 3.05) is 59.4 Å². The highest BCUT2D eigenvalue weighted by molar-refractivity contribution is 6.30. The minimum atomic E-state index is -0.101. The first kappa shape index (κ1) is 21.1. The normalized spacial score (nSPS) is 21.7. The van der Waals surface area contributed by atoms with Crippen LogP contribution in [0.5, 0.6) is 0 Å². The molecule has 2 aliphatic rings. The Morgan fingerprint density at radius 3 is 2.57 bits per heavy atom. The highest BCUT2D eigenvalue weighted by Gasteiger charge is 2.29. The molecule has 0 spiro atoms. The summed E-state index contributed by atoms with van der Waals surface area (Å²) in [6.45, 7) is 7.02. The summed E-state index contributed by atoms with van der Waals surface area (Å²) in [5.41, 5.74) is 1.15. The maximum absolute atomic E-state index is 12.6. The topological polar surface area (TPSA) is 55.9 Å². The molecule has 2 aliphatic heterocycles. The standard InChI is InChI=1S/C21H31ClN4O2/c1-24-12-14-25(15-13-24)11-9-23-21(28)18-4-7-20(27)26(16-18)10-8-17-2-5-19(22)6-3-17/h2-3,5-6,18H,4,7-16H2,1H3,(H,23,28)/t18-/m1/s1. The van der Waals surface area contributed by atoms with E-state index in [1.807, 2.05) is 29.2 Å². The van der Waals surface area contributed by atoms with E-state index in [1.54, 1.807) is 0 Å². The molecule has 3 rings (SSSR count). The van der Waals surface area contributed by atoms with Gasteiger partial charge in [-0.05, 0) is 37.6 Å². The van der Waals surface area contributed by atoms with Gasteiger partial charge in [0, 0.05) is 63.8 Å². The molecule has 6 nitrogen and oxygen atoms in total. The van der Waals surface area contributed by atoms with Crippen molar-refractivity contribution in [2.24, 2.45) is 5.92 Å². The molecular weight excluding hydrogens is 376 g/mol. The lowest BCUT2D eigenvalue weighted by atomic mass is 9.96. The number of hydrogen-bond donors (Lipinski definition) is 1. The highest BCUT2D eigenvalue weighted by Crippen LogP contribution is 2.19. The van der Waals surface area contributed by atoms with Gasteiger partial charge in [0.2, 0.25) is 11.8 Å². The average Bonchev–Trinajstić information content (AvgIpc) is 2.70. The summed E-state index contributed by atoms with van der Waals surface area (Å²) in [6.07, 6.45) is 1.88. The fraction of sp³-hybridized carbons (Fsp3) is 0.619. The van der Waals surface area contributed by atoms with Crippen molar-refractivity contribution in [2.45, 2.75) is 19.3 Å². The van der Waals surface area contributed by atoms with Crippen molar-refractivity contribution in [3.8, 4) is 0 Å². The smallest absolute Gasteiger partial charge is 0.224 e. The van der Waals surface area contributed by atoms with Crippen molar-refractivity contribution in [3.05, 3.63) is 34.9 Å². The summed E-state index contributed by atoms with van der Waals surface area (Å²) >= 11 is 5.92. The number of nitrogens with one attached hydrogen (secondary N) is 1. The number of piperidine rings is 1. The Morgan fingerprint density at radius 2 is 1.86 bits per heavy atom. The largest absolute Gasteiger partial charge is 0.355 e. The van der Waals surface area contributed by atoms with Gasteiger partial charge >= 0.3 is 0 Å². The van der Waals surface area contributed by atoms with Crippen LogP contribution in [0.15, 0.2) is 24.3 Å².